The predicted molar refractivity (Wildman–Crippen MR) is 70.1 cm³/mol. The Kier molecular flexibility index (Phi) is 3.40. The first-order chi connectivity index (χ1) is 8.01. The van der Waals surface area contributed by atoms with E-state index in [0.29, 0.717) is 5.75 Å². The fourth-order valence-electron chi connectivity index (χ4n) is 2.32. The average molecular weight is 234 g/mol. The standard InChI is InChI=1S/C14H22N2O/c1-16(2)9-6-11-4-5-13(17)12(10-11)14(15)7-3-8-14/h4-5,10,17H,3,6-9,15H2,1-2H3. The molecule has 0 unspecified atom stereocenters. The molecule has 0 spiro atoms. The summed E-state index contributed by atoms with van der Waals surface area (Å²) in [6, 6.07) is 5.86. The van der Waals surface area contributed by atoms with Gasteiger partial charge in [0.2, 0.25) is 0 Å². The molecule has 0 atom stereocenters. The second kappa shape index (κ2) is 4.67. The Bertz CT molecular complexity index is 397. The normalized spacial score (nSPS) is 18.1. The smallest absolute Gasteiger partial charge is 0.120 e. The van der Waals surface area contributed by atoms with Crippen molar-refractivity contribution in [2.24, 2.45) is 5.73 Å². The van der Waals surface area contributed by atoms with Gasteiger partial charge in [0, 0.05) is 17.6 Å². The van der Waals surface area contributed by atoms with Crippen LogP contribution in [0.5, 0.6) is 5.75 Å². The molecule has 1 aromatic rings. The maximum absolute atomic E-state index is 9.92. The highest BCUT2D eigenvalue weighted by atomic mass is 16.3. The van der Waals surface area contributed by atoms with Gasteiger partial charge in [-0.3, -0.25) is 0 Å². The van der Waals surface area contributed by atoms with E-state index in [2.05, 4.69) is 25.1 Å². The molecule has 1 aromatic carbocycles. The maximum Gasteiger partial charge on any atom is 0.120 e. The van der Waals surface area contributed by atoms with Gasteiger partial charge >= 0.3 is 0 Å². The van der Waals surface area contributed by atoms with Crippen molar-refractivity contribution in [3.05, 3.63) is 29.3 Å². The molecular formula is C14H22N2O. The minimum atomic E-state index is -0.280. The van der Waals surface area contributed by atoms with Crippen molar-refractivity contribution < 1.29 is 5.11 Å². The summed E-state index contributed by atoms with van der Waals surface area (Å²) in [7, 11) is 4.13. The summed E-state index contributed by atoms with van der Waals surface area (Å²) in [4.78, 5) is 2.16. The lowest BCUT2D eigenvalue weighted by Gasteiger charge is -2.39. The van der Waals surface area contributed by atoms with Crippen LogP contribution in [0.4, 0.5) is 0 Å². The molecule has 94 valence electrons. The number of hydrogen-bond donors (Lipinski definition) is 2. The van der Waals surface area contributed by atoms with Crippen molar-refractivity contribution in [2.45, 2.75) is 31.2 Å². The Morgan fingerprint density at radius 1 is 1.35 bits per heavy atom. The Morgan fingerprint density at radius 3 is 2.59 bits per heavy atom. The molecule has 0 bridgehead atoms. The van der Waals surface area contributed by atoms with Gasteiger partial charge in [-0.25, -0.2) is 0 Å². The molecular weight excluding hydrogens is 212 g/mol. The SMILES string of the molecule is CN(C)CCc1ccc(O)c(C2(N)CCC2)c1. The first-order valence-electron chi connectivity index (χ1n) is 6.27. The quantitative estimate of drug-likeness (QED) is 0.835. The zero-order valence-electron chi connectivity index (χ0n) is 10.7. The summed E-state index contributed by atoms with van der Waals surface area (Å²) in [5, 5.41) is 9.92. The van der Waals surface area contributed by atoms with Gasteiger partial charge in [0.25, 0.3) is 0 Å². The molecule has 0 heterocycles. The topological polar surface area (TPSA) is 49.5 Å². The number of aromatic hydroxyl groups is 1. The van der Waals surface area contributed by atoms with Gasteiger partial charge < -0.3 is 15.7 Å². The minimum Gasteiger partial charge on any atom is -0.508 e. The highest BCUT2D eigenvalue weighted by molar-refractivity contribution is 5.42. The Balaban J connectivity index is 2.17. The molecule has 0 saturated heterocycles. The van der Waals surface area contributed by atoms with Crippen molar-refractivity contribution in [3.63, 3.8) is 0 Å². The number of phenolic OH excluding ortho intramolecular Hbond substituents is 1. The van der Waals surface area contributed by atoms with Gasteiger partial charge in [-0.2, -0.15) is 0 Å². The van der Waals surface area contributed by atoms with Crippen molar-refractivity contribution in [1.82, 2.24) is 4.90 Å². The lowest BCUT2D eigenvalue weighted by Crippen LogP contribution is -2.43. The highest BCUT2D eigenvalue weighted by Crippen LogP contribution is 2.42. The van der Waals surface area contributed by atoms with Crippen LogP contribution < -0.4 is 5.73 Å². The van der Waals surface area contributed by atoms with E-state index in [1.54, 1.807) is 6.07 Å². The first-order valence-corrected chi connectivity index (χ1v) is 6.27. The lowest BCUT2D eigenvalue weighted by molar-refractivity contribution is 0.245. The van der Waals surface area contributed by atoms with Crippen LogP contribution in [0.2, 0.25) is 0 Å². The van der Waals surface area contributed by atoms with E-state index in [-0.39, 0.29) is 5.54 Å². The zero-order valence-corrected chi connectivity index (χ0v) is 10.7. The van der Waals surface area contributed by atoms with Gasteiger partial charge in [0.1, 0.15) is 5.75 Å². The predicted octanol–water partition coefficient (Wildman–Crippen LogP) is 1.83. The third-order valence-corrected chi connectivity index (χ3v) is 3.69. The van der Waals surface area contributed by atoms with E-state index in [1.165, 1.54) is 5.56 Å². The van der Waals surface area contributed by atoms with E-state index in [9.17, 15) is 5.11 Å². The zero-order chi connectivity index (χ0) is 12.5. The fraction of sp³-hybridized carbons (Fsp3) is 0.571. The minimum absolute atomic E-state index is 0.280. The van der Waals surface area contributed by atoms with Crippen LogP contribution in [0, 0.1) is 0 Å². The number of phenols is 1. The van der Waals surface area contributed by atoms with Crippen molar-refractivity contribution >= 4 is 0 Å². The molecule has 3 nitrogen and oxygen atoms in total. The Hall–Kier alpha value is -1.06. The van der Waals surface area contributed by atoms with Crippen molar-refractivity contribution in [1.29, 1.82) is 0 Å². The first kappa shape index (κ1) is 12.4. The van der Waals surface area contributed by atoms with Crippen LogP contribution in [-0.2, 0) is 12.0 Å². The maximum atomic E-state index is 9.92. The number of benzene rings is 1. The number of hydrogen-bond acceptors (Lipinski definition) is 3. The Labute approximate surface area is 103 Å². The molecule has 3 N–H and O–H groups in total. The number of nitrogens with zero attached hydrogens (tertiary/aromatic N) is 1. The fourth-order valence-corrected chi connectivity index (χ4v) is 2.32. The van der Waals surface area contributed by atoms with Crippen LogP contribution in [0.15, 0.2) is 18.2 Å². The molecule has 0 radical (unpaired) electrons. The van der Waals surface area contributed by atoms with Gasteiger partial charge in [0.15, 0.2) is 0 Å². The molecule has 1 saturated carbocycles. The van der Waals surface area contributed by atoms with Crippen LogP contribution in [0.1, 0.15) is 30.4 Å². The van der Waals surface area contributed by atoms with Gasteiger partial charge in [-0.15, -0.1) is 0 Å². The van der Waals surface area contributed by atoms with Gasteiger partial charge in [-0.05, 0) is 51.4 Å². The summed E-state index contributed by atoms with van der Waals surface area (Å²) in [6.45, 7) is 1.02. The summed E-state index contributed by atoms with van der Waals surface area (Å²) in [6.07, 6.45) is 4.13. The third kappa shape index (κ3) is 2.61. The lowest BCUT2D eigenvalue weighted by atomic mass is 9.72. The van der Waals surface area contributed by atoms with E-state index in [4.69, 9.17) is 5.73 Å². The molecule has 1 fully saturated rings. The molecule has 0 aliphatic heterocycles. The second-order valence-corrected chi connectivity index (χ2v) is 5.41. The van der Waals surface area contributed by atoms with Crippen molar-refractivity contribution in [2.75, 3.05) is 20.6 Å². The molecule has 1 aliphatic carbocycles. The van der Waals surface area contributed by atoms with Gasteiger partial charge in [-0.1, -0.05) is 12.1 Å². The van der Waals surface area contributed by atoms with Gasteiger partial charge in [0.05, 0.1) is 0 Å². The van der Waals surface area contributed by atoms with E-state index >= 15 is 0 Å². The molecule has 3 heteroatoms. The van der Waals surface area contributed by atoms with Crippen LogP contribution in [-0.4, -0.2) is 30.6 Å². The molecule has 0 amide bonds. The molecule has 0 aromatic heterocycles. The van der Waals surface area contributed by atoms with E-state index in [0.717, 1.165) is 37.8 Å². The monoisotopic (exact) mass is 234 g/mol. The summed E-state index contributed by atoms with van der Waals surface area (Å²) >= 11 is 0. The molecule has 1 aliphatic rings. The van der Waals surface area contributed by atoms with Crippen LogP contribution >= 0.6 is 0 Å². The van der Waals surface area contributed by atoms with Crippen LogP contribution in [0.25, 0.3) is 0 Å². The molecule has 17 heavy (non-hydrogen) atoms. The number of rotatable bonds is 4. The van der Waals surface area contributed by atoms with E-state index in [1.807, 2.05) is 6.07 Å². The van der Waals surface area contributed by atoms with E-state index < -0.39 is 0 Å². The van der Waals surface area contributed by atoms with Crippen molar-refractivity contribution in [3.8, 4) is 5.75 Å². The largest absolute Gasteiger partial charge is 0.508 e. The third-order valence-electron chi connectivity index (χ3n) is 3.69. The highest BCUT2D eigenvalue weighted by Gasteiger charge is 2.36. The van der Waals surface area contributed by atoms with Crippen LogP contribution in [0.3, 0.4) is 0 Å². The Morgan fingerprint density at radius 2 is 2.06 bits per heavy atom. The number of nitrogens with two attached hydrogens (primary N) is 1. The summed E-state index contributed by atoms with van der Waals surface area (Å²) in [5.41, 5.74) is 8.18. The summed E-state index contributed by atoms with van der Waals surface area (Å²) in [5.74, 6) is 0.348. The number of likely N-dealkylation sites (N-methyl/N-ethyl adjacent to an activating group) is 1. The second-order valence-electron chi connectivity index (χ2n) is 5.41. The summed E-state index contributed by atoms with van der Waals surface area (Å²) < 4.78 is 0. The average Bonchev–Trinajstić information content (AvgIpc) is 2.25. The molecule has 2 rings (SSSR count).